The van der Waals surface area contributed by atoms with Crippen LogP contribution in [0.3, 0.4) is 0 Å². The van der Waals surface area contributed by atoms with Gasteiger partial charge in [0.1, 0.15) is 12.4 Å². The van der Waals surface area contributed by atoms with Crippen LogP contribution in [0.4, 0.5) is 4.79 Å². The Morgan fingerprint density at radius 2 is 2.20 bits per heavy atom. The van der Waals surface area contributed by atoms with Gasteiger partial charge in [-0.2, -0.15) is 4.57 Å². The third kappa shape index (κ3) is 3.08. The van der Waals surface area contributed by atoms with Crippen molar-refractivity contribution in [3.8, 4) is 0 Å². The van der Waals surface area contributed by atoms with E-state index in [0.29, 0.717) is 5.92 Å². The molecule has 1 rings (SSSR count). The summed E-state index contributed by atoms with van der Waals surface area (Å²) in [6.07, 6.45) is 5.43. The minimum absolute atomic E-state index is 0.0480. The summed E-state index contributed by atoms with van der Waals surface area (Å²) in [5.41, 5.74) is 0. The second-order valence-electron chi connectivity index (χ2n) is 4.20. The molecule has 0 spiro atoms. The Labute approximate surface area is 91.1 Å². The molecule has 0 aliphatic rings. The van der Waals surface area contributed by atoms with E-state index in [-0.39, 0.29) is 6.03 Å². The molecule has 1 heterocycles. The fourth-order valence-corrected chi connectivity index (χ4v) is 1.51. The molecule has 0 atom stereocenters. The second-order valence-corrected chi connectivity index (χ2v) is 4.20. The maximum atomic E-state index is 12.0. The lowest BCUT2D eigenvalue weighted by atomic mass is 10.2. The van der Waals surface area contributed by atoms with Gasteiger partial charge in [-0.1, -0.05) is 13.8 Å². The van der Waals surface area contributed by atoms with Crippen molar-refractivity contribution in [2.75, 3.05) is 13.1 Å². The summed E-state index contributed by atoms with van der Waals surface area (Å²) >= 11 is 0. The van der Waals surface area contributed by atoms with E-state index in [1.54, 1.807) is 17.1 Å². The van der Waals surface area contributed by atoms with Crippen LogP contribution < -0.4 is 4.57 Å². The van der Waals surface area contributed by atoms with Gasteiger partial charge < -0.3 is 4.90 Å². The minimum atomic E-state index is 0.0480. The van der Waals surface area contributed by atoms with Crippen LogP contribution in [0.2, 0.25) is 0 Å². The molecule has 1 aromatic rings. The van der Waals surface area contributed by atoms with Gasteiger partial charge in [-0.15, -0.1) is 0 Å². The van der Waals surface area contributed by atoms with Gasteiger partial charge in [-0.3, -0.25) is 0 Å². The zero-order valence-electron chi connectivity index (χ0n) is 9.97. The molecule has 4 heteroatoms. The zero-order chi connectivity index (χ0) is 11.4. The predicted octanol–water partition coefficient (Wildman–Crippen LogP) is 1.26. The highest BCUT2D eigenvalue weighted by Crippen LogP contribution is 2.01. The van der Waals surface area contributed by atoms with Crippen LogP contribution in [0.15, 0.2) is 18.7 Å². The first kappa shape index (κ1) is 11.8. The molecule has 1 amide bonds. The van der Waals surface area contributed by atoms with E-state index >= 15 is 0 Å². The molecule has 0 fully saturated rings. The lowest BCUT2D eigenvalue weighted by Crippen LogP contribution is -2.37. The van der Waals surface area contributed by atoms with Crippen molar-refractivity contribution in [2.24, 2.45) is 13.0 Å². The molecule has 0 aromatic carbocycles. The molecule has 4 nitrogen and oxygen atoms in total. The van der Waals surface area contributed by atoms with Gasteiger partial charge in [0.2, 0.25) is 0 Å². The van der Waals surface area contributed by atoms with Gasteiger partial charge in [-0.05, 0) is 12.8 Å². The normalized spacial score (nSPS) is 10.7. The van der Waals surface area contributed by atoms with Crippen molar-refractivity contribution in [2.45, 2.75) is 20.8 Å². The molecule has 1 aromatic heterocycles. The smallest absolute Gasteiger partial charge is 0.304 e. The summed E-state index contributed by atoms with van der Waals surface area (Å²) in [6.45, 7) is 7.79. The fourth-order valence-electron chi connectivity index (χ4n) is 1.51. The zero-order valence-corrected chi connectivity index (χ0v) is 9.97. The summed E-state index contributed by atoms with van der Waals surface area (Å²) < 4.78 is 3.48. The Morgan fingerprint density at radius 1 is 1.53 bits per heavy atom. The predicted molar refractivity (Wildman–Crippen MR) is 58.5 cm³/mol. The van der Waals surface area contributed by atoms with Crippen LogP contribution in [0.25, 0.3) is 0 Å². The molecule has 0 unspecified atom stereocenters. The van der Waals surface area contributed by atoms with Gasteiger partial charge in [0, 0.05) is 13.1 Å². The van der Waals surface area contributed by atoms with E-state index in [2.05, 4.69) is 13.8 Å². The van der Waals surface area contributed by atoms with Crippen LogP contribution >= 0.6 is 0 Å². The molecule has 0 saturated carbocycles. The number of rotatable bonds is 3. The first-order valence-corrected chi connectivity index (χ1v) is 5.37. The van der Waals surface area contributed by atoms with Crippen LogP contribution in [-0.4, -0.2) is 28.6 Å². The summed E-state index contributed by atoms with van der Waals surface area (Å²) in [4.78, 5) is 13.9. The van der Waals surface area contributed by atoms with E-state index in [1.165, 1.54) is 0 Å². The maximum Gasteiger partial charge on any atom is 0.415 e. The Hall–Kier alpha value is -1.32. The van der Waals surface area contributed by atoms with Gasteiger partial charge in [0.15, 0.2) is 0 Å². The SMILES string of the molecule is CCN(CC(C)C)C(=O)n1cc[n+](C)c1. The van der Waals surface area contributed by atoms with Gasteiger partial charge in [0.05, 0.1) is 7.05 Å². The summed E-state index contributed by atoms with van der Waals surface area (Å²) in [5.74, 6) is 0.498. The van der Waals surface area contributed by atoms with Crippen molar-refractivity contribution >= 4 is 6.03 Å². The van der Waals surface area contributed by atoms with Crippen molar-refractivity contribution in [1.82, 2.24) is 9.47 Å². The van der Waals surface area contributed by atoms with Crippen molar-refractivity contribution in [3.05, 3.63) is 18.7 Å². The van der Waals surface area contributed by atoms with Crippen LogP contribution in [0.5, 0.6) is 0 Å². The molecule has 0 aliphatic heterocycles. The Balaban J connectivity index is 2.73. The molecular formula is C11H20N3O+. The molecule has 0 radical (unpaired) electrons. The molecule has 0 saturated heterocycles. The van der Waals surface area contributed by atoms with Crippen molar-refractivity contribution in [3.63, 3.8) is 0 Å². The van der Waals surface area contributed by atoms with Gasteiger partial charge >= 0.3 is 6.03 Å². The van der Waals surface area contributed by atoms with Crippen LogP contribution in [0.1, 0.15) is 20.8 Å². The van der Waals surface area contributed by atoms with Crippen LogP contribution in [0, 0.1) is 5.92 Å². The van der Waals surface area contributed by atoms with E-state index in [0.717, 1.165) is 13.1 Å². The Morgan fingerprint density at radius 3 is 2.60 bits per heavy atom. The average molecular weight is 210 g/mol. The summed E-state index contributed by atoms with van der Waals surface area (Å²) in [7, 11) is 1.91. The maximum absolute atomic E-state index is 12.0. The second kappa shape index (κ2) is 4.96. The van der Waals surface area contributed by atoms with Gasteiger partial charge in [-0.25, -0.2) is 9.36 Å². The standard InChI is InChI=1S/C11H20N3O/c1-5-13(8-10(2)3)11(15)14-7-6-12(4)9-14/h6-7,9-10H,5,8H2,1-4H3/q+1. The van der Waals surface area contributed by atoms with E-state index in [1.807, 2.05) is 29.6 Å². The van der Waals surface area contributed by atoms with Crippen molar-refractivity contribution < 1.29 is 9.36 Å². The summed E-state index contributed by atoms with van der Waals surface area (Å²) in [6, 6.07) is 0.0480. The number of hydrogen-bond donors (Lipinski definition) is 0. The highest BCUT2D eigenvalue weighted by Gasteiger charge is 2.19. The monoisotopic (exact) mass is 210 g/mol. The fraction of sp³-hybridized carbons (Fsp3) is 0.636. The first-order chi connectivity index (χ1) is 7.04. The average Bonchev–Trinajstić information content (AvgIpc) is 2.60. The van der Waals surface area contributed by atoms with Gasteiger partial charge in [0.25, 0.3) is 6.33 Å². The third-order valence-corrected chi connectivity index (χ3v) is 2.23. The number of imidazole rings is 1. The quantitative estimate of drug-likeness (QED) is 0.690. The number of aryl methyl sites for hydroxylation is 1. The number of hydrogen-bond acceptors (Lipinski definition) is 1. The lowest BCUT2D eigenvalue weighted by Gasteiger charge is -2.19. The molecule has 15 heavy (non-hydrogen) atoms. The topological polar surface area (TPSA) is 29.1 Å². The number of carbonyl (C=O) groups is 1. The van der Waals surface area contributed by atoms with E-state index in [9.17, 15) is 4.79 Å². The Kier molecular flexibility index (Phi) is 3.88. The van der Waals surface area contributed by atoms with E-state index < -0.39 is 0 Å². The molecule has 0 bridgehead atoms. The number of carbonyl (C=O) groups excluding carboxylic acids is 1. The van der Waals surface area contributed by atoms with E-state index in [4.69, 9.17) is 0 Å². The highest BCUT2D eigenvalue weighted by atomic mass is 16.2. The summed E-state index contributed by atoms with van der Waals surface area (Å²) in [5, 5.41) is 0. The first-order valence-electron chi connectivity index (χ1n) is 5.37. The number of amides is 1. The molecule has 84 valence electrons. The number of nitrogens with zero attached hydrogens (tertiary/aromatic N) is 3. The third-order valence-electron chi connectivity index (χ3n) is 2.23. The molecule has 0 N–H and O–H groups in total. The Bertz CT molecular complexity index is 330. The molecular weight excluding hydrogens is 190 g/mol. The largest absolute Gasteiger partial charge is 0.415 e. The highest BCUT2D eigenvalue weighted by molar-refractivity contribution is 5.76. The number of aromatic nitrogens is 2. The molecule has 0 aliphatic carbocycles. The van der Waals surface area contributed by atoms with Crippen molar-refractivity contribution in [1.29, 1.82) is 0 Å². The van der Waals surface area contributed by atoms with Crippen LogP contribution in [-0.2, 0) is 7.05 Å². The lowest BCUT2D eigenvalue weighted by molar-refractivity contribution is -0.670. The minimum Gasteiger partial charge on any atom is -0.304 e.